The zero-order chi connectivity index (χ0) is 18.8. The van der Waals surface area contributed by atoms with Gasteiger partial charge in [0, 0.05) is 15.7 Å². The molecule has 0 fully saturated rings. The van der Waals surface area contributed by atoms with Crippen molar-refractivity contribution < 1.29 is 9.53 Å². The van der Waals surface area contributed by atoms with Crippen molar-refractivity contribution >= 4 is 44.9 Å². The van der Waals surface area contributed by atoms with E-state index < -0.39 is 0 Å². The highest BCUT2D eigenvalue weighted by molar-refractivity contribution is 9.10. The Bertz CT molecular complexity index is 735. The maximum absolute atomic E-state index is 12.3. The third kappa shape index (κ3) is 7.14. The van der Waals surface area contributed by atoms with Gasteiger partial charge in [-0.3, -0.25) is 10.1 Å². The van der Waals surface area contributed by atoms with Crippen molar-refractivity contribution in [3.05, 3.63) is 58.6 Å². The molecule has 0 saturated heterocycles. The van der Waals surface area contributed by atoms with Crippen LogP contribution in [0.5, 0.6) is 5.75 Å². The summed E-state index contributed by atoms with van der Waals surface area (Å²) < 4.78 is 6.62. The molecule has 2 aromatic carbocycles. The van der Waals surface area contributed by atoms with E-state index in [1.807, 2.05) is 24.3 Å². The number of ether oxygens (including phenoxy) is 1. The highest BCUT2D eigenvalue weighted by atomic mass is 79.9. The van der Waals surface area contributed by atoms with E-state index in [-0.39, 0.29) is 11.0 Å². The maximum Gasteiger partial charge on any atom is 0.257 e. The Morgan fingerprint density at radius 2 is 1.88 bits per heavy atom. The van der Waals surface area contributed by atoms with Crippen molar-refractivity contribution in [3.8, 4) is 5.75 Å². The van der Waals surface area contributed by atoms with Crippen LogP contribution in [0.25, 0.3) is 0 Å². The highest BCUT2D eigenvalue weighted by Gasteiger charge is 2.08. The van der Waals surface area contributed by atoms with Crippen molar-refractivity contribution in [2.24, 2.45) is 0 Å². The molecule has 26 heavy (non-hydrogen) atoms. The van der Waals surface area contributed by atoms with Crippen LogP contribution in [0.1, 0.15) is 43.0 Å². The summed E-state index contributed by atoms with van der Waals surface area (Å²) in [5, 5.41) is 5.91. The first-order valence-electron chi connectivity index (χ1n) is 8.69. The maximum atomic E-state index is 12.3. The first kappa shape index (κ1) is 20.4. The number of halogens is 1. The summed E-state index contributed by atoms with van der Waals surface area (Å²) in [6, 6.07) is 14.6. The first-order chi connectivity index (χ1) is 12.6. The monoisotopic (exact) mass is 434 g/mol. The number of unbranched alkanes of at least 4 members (excludes halogenated alkanes) is 3. The quantitative estimate of drug-likeness (QED) is 0.423. The van der Waals surface area contributed by atoms with Crippen molar-refractivity contribution in [2.75, 3.05) is 11.9 Å². The van der Waals surface area contributed by atoms with Gasteiger partial charge in [0.25, 0.3) is 5.91 Å². The van der Waals surface area contributed by atoms with E-state index in [1.165, 1.54) is 19.3 Å². The molecule has 2 rings (SSSR count). The van der Waals surface area contributed by atoms with E-state index in [4.69, 9.17) is 17.0 Å². The van der Waals surface area contributed by atoms with Gasteiger partial charge in [-0.25, -0.2) is 0 Å². The van der Waals surface area contributed by atoms with Gasteiger partial charge in [-0.15, -0.1) is 0 Å². The van der Waals surface area contributed by atoms with Crippen LogP contribution in [0, 0.1) is 0 Å². The van der Waals surface area contributed by atoms with Gasteiger partial charge in [-0.2, -0.15) is 0 Å². The van der Waals surface area contributed by atoms with Crippen LogP contribution < -0.4 is 15.4 Å². The molecule has 0 heterocycles. The second-order valence-corrected chi connectivity index (χ2v) is 7.18. The van der Waals surface area contributed by atoms with Gasteiger partial charge in [0.15, 0.2) is 5.11 Å². The third-order valence-corrected chi connectivity index (χ3v) is 4.39. The van der Waals surface area contributed by atoms with Crippen molar-refractivity contribution in [1.29, 1.82) is 0 Å². The number of amides is 1. The molecule has 2 aromatic rings. The number of hydrogen-bond acceptors (Lipinski definition) is 3. The Labute approximate surface area is 168 Å². The van der Waals surface area contributed by atoms with Gasteiger partial charge in [-0.1, -0.05) is 48.2 Å². The lowest BCUT2D eigenvalue weighted by Gasteiger charge is -2.10. The number of carbonyl (C=O) groups is 1. The SMILES string of the molecule is CCCCCCOc1ccc(C(=O)NC(=S)Nc2cccc(Br)c2)cc1. The number of thiocarbonyl (C=S) groups is 1. The molecule has 0 aromatic heterocycles. The van der Waals surface area contributed by atoms with E-state index in [9.17, 15) is 4.79 Å². The Morgan fingerprint density at radius 1 is 1.12 bits per heavy atom. The summed E-state index contributed by atoms with van der Waals surface area (Å²) in [6.45, 7) is 2.89. The molecule has 0 aliphatic carbocycles. The molecule has 0 bridgehead atoms. The molecule has 1 amide bonds. The van der Waals surface area contributed by atoms with Gasteiger partial charge in [0.05, 0.1) is 6.61 Å². The van der Waals surface area contributed by atoms with E-state index in [0.717, 1.165) is 22.3 Å². The van der Waals surface area contributed by atoms with Crippen LogP contribution in [0.3, 0.4) is 0 Å². The third-order valence-electron chi connectivity index (χ3n) is 3.69. The zero-order valence-electron chi connectivity index (χ0n) is 14.8. The van der Waals surface area contributed by atoms with Crippen molar-refractivity contribution in [2.45, 2.75) is 32.6 Å². The van der Waals surface area contributed by atoms with Crippen LogP contribution in [0.2, 0.25) is 0 Å². The lowest BCUT2D eigenvalue weighted by atomic mass is 10.2. The average molecular weight is 435 g/mol. The summed E-state index contributed by atoms with van der Waals surface area (Å²) in [5.74, 6) is 0.514. The fraction of sp³-hybridized carbons (Fsp3) is 0.300. The predicted molar refractivity (Wildman–Crippen MR) is 114 cm³/mol. The molecule has 2 N–H and O–H groups in total. The first-order valence-corrected chi connectivity index (χ1v) is 9.89. The Hall–Kier alpha value is -1.92. The van der Waals surface area contributed by atoms with Crippen LogP contribution in [0.4, 0.5) is 5.69 Å². The number of anilines is 1. The summed E-state index contributed by atoms with van der Waals surface area (Å²) >= 11 is 8.58. The van der Waals surface area contributed by atoms with E-state index in [1.54, 1.807) is 24.3 Å². The second kappa shape index (κ2) is 10.9. The molecule has 0 aliphatic rings. The largest absolute Gasteiger partial charge is 0.494 e. The predicted octanol–water partition coefficient (Wildman–Crippen LogP) is 5.54. The summed E-state index contributed by atoms with van der Waals surface area (Å²) in [6.07, 6.45) is 4.67. The number of nitrogens with one attached hydrogen (secondary N) is 2. The van der Waals surface area contributed by atoms with Gasteiger partial charge in [-0.05, 0) is 61.1 Å². The average Bonchev–Trinajstić information content (AvgIpc) is 2.62. The molecule has 0 unspecified atom stereocenters. The van der Waals surface area contributed by atoms with E-state index in [0.29, 0.717) is 12.2 Å². The van der Waals surface area contributed by atoms with Crippen LogP contribution in [-0.4, -0.2) is 17.6 Å². The number of hydrogen-bond donors (Lipinski definition) is 2. The minimum atomic E-state index is -0.257. The number of benzene rings is 2. The van der Waals surface area contributed by atoms with Crippen molar-refractivity contribution in [3.63, 3.8) is 0 Å². The summed E-state index contributed by atoms with van der Waals surface area (Å²) in [5.41, 5.74) is 1.33. The van der Waals surface area contributed by atoms with Crippen molar-refractivity contribution in [1.82, 2.24) is 5.32 Å². The Kier molecular flexibility index (Phi) is 8.58. The smallest absolute Gasteiger partial charge is 0.257 e. The summed E-state index contributed by atoms with van der Waals surface area (Å²) in [7, 11) is 0. The topological polar surface area (TPSA) is 50.4 Å². The number of carbonyl (C=O) groups excluding carboxylic acids is 1. The molecule has 0 spiro atoms. The molecule has 0 atom stereocenters. The molecular formula is C20H23BrN2O2S. The molecule has 4 nitrogen and oxygen atoms in total. The standard InChI is InChI=1S/C20H23BrN2O2S/c1-2-3-4-5-13-25-18-11-9-15(10-12-18)19(24)23-20(26)22-17-8-6-7-16(21)14-17/h6-12,14H,2-5,13H2,1H3,(H2,22,23,24,26). The van der Waals surface area contributed by atoms with E-state index >= 15 is 0 Å². The fourth-order valence-corrected chi connectivity index (χ4v) is 2.94. The minimum absolute atomic E-state index is 0.254. The second-order valence-electron chi connectivity index (χ2n) is 5.85. The molecule has 138 valence electrons. The normalized spacial score (nSPS) is 10.2. The van der Waals surface area contributed by atoms with Crippen LogP contribution in [0.15, 0.2) is 53.0 Å². The van der Waals surface area contributed by atoms with Gasteiger partial charge in [0.1, 0.15) is 5.75 Å². The fourth-order valence-electron chi connectivity index (χ4n) is 2.33. The van der Waals surface area contributed by atoms with Gasteiger partial charge >= 0.3 is 0 Å². The Morgan fingerprint density at radius 3 is 2.58 bits per heavy atom. The van der Waals surface area contributed by atoms with Crippen LogP contribution in [-0.2, 0) is 0 Å². The minimum Gasteiger partial charge on any atom is -0.494 e. The van der Waals surface area contributed by atoms with E-state index in [2.05, 4.69) is 33.5 Å². The van der Waals surface area contributed by atoms with Crippen LogP contribution >= 0.6 is 28.1 Å². The molecule has 6 heteroatoms. The summed E-state index contributed by atoms with van der Waals surface area (Å²) in [4.78, 5) is 12.3. The van der Waals surface area contributed by atoms with Gasteiger partial charge < -0.3 is 10.1 Å². The molecule has 0 saturated carbocycles. The van der Waals surface area contributed by atoms with Gasteiger partial charge in [0.2, 0.25) is 0 Å². The lowest BCUT2D eigenvalue weighted by molar-refractivity contribution is 0.0977. The Balaban J connectivity index is 1.80. The molecule has 0 radical (unpaired) electrons. The lowest BCUT2D eigenvalue weighted by Crippen LogP contribution is -2.34. The zero-order valence-corrected chi connectivity index (χ0v) is 17.2. The number of rotatable bonds is 8. The molecular weight excluding hydrogens is 412 g/mol. The molecule has 0 aliphatic heterocycles. The highest BCUT2D eigenvalue weighted by Crippen LogP contribution is 2.16.